The SMILES string of the molecule is CC(C)C(=O)c1c(C(C)C)nc2c(F)cc(-c3nc(N[C@@H]4CCOC[C@H]4O)ncc3F)cn12. The molecular formula is C23H27F2N5O3. The summed E-state index contributed by atoms with van der Waals surface area (Å²) < 4.78 is 36.4. The van der Waals surface area contributed by atoms with E-state index in [1.807, 2.05) is 13.8 Å². The molecule has 1 fully saturated rings. The van der Waals surface area contributed by atoms with E-state index in [1.165, 1.54) is 10.6 Å². The van der Waals surface area contributed by atoms with Crippen LogP contribution in [0.4, 0.5) is 14.7 Å². The van der Waals surface area contributed by atoms with Crippen molar-refractivity contribution >= 4 is 17.4 Å². The van der Waals surface area contributed by atoms with E-state index in [-0.39, 0.29) is 58.8 Å². The molecule has 8 nitrogen and oxygen atoms in total. The average molecular weight is 459 g/mol. The highest BCUT2D eigenvalue weighted by Crippen LogP contribution is 2.29. The largest absolute Gasteiger partial charge is 0.389 e. The van der Waals surface area contributed by atoms with Crippen molar-refractivity contribution in [2.24, 2.45) is 5.92 Å². The zero-order valence-electron chi connectivity index (χ0n) is 19.0. The molecule has 0 unspecified atom stereocenters. The summed E-state index contributed by atoms with van der Waals surface area (Å²) in [6, 6.07) is 0.794. The summed E-state index contributed by atoms with van der Waals surface area (Å²) >= 11 is 0. The maximum atomic E-state index is 15.1. The minimum atomic E-state index is -0.755. The summed E-state index contributed by atoms with van der Waals surface area (Å²) in [7, 11) is 0. The van der Waals surface area contributed by atoms with Gasteiger partial charge in [0.25, 0.3) is 0 Å². The number of aromatic nitrogens is 4. The van der Waals surface area contributed by atoms with Crippen molar-refractivity contribution in [2.45, 2.75) is 52.2 Å². The van der Waals surface area contributed by atoms with Crippen LogP contribution >= 0.6 is 0 Å². The van der Waals surface area contributed by atoms with Crippen LogP contribution in [0.1, 0.15) is 56.2 Å². The number of hydrogen-bond acceptors (Lipinski definition) is 7. The number of pyridine rings is 1. The molecule has 0 bridgehead atoms. The Kier molecular flexibility index (Phi) is 6.40. The molecule has 4 rings (SSSR count). The fourth-order valence-electron chi connectivity index (χ4n) is 3.87. The second-order valence-electron chi connectivity index (χ2n) is 8.86. The lowest BCUT2D eigenvalue weighted by atomic mass is 10.00. The summed E-state index contributed by atoms with van der Waals surface area (Å²) in [5.41, 5.74) is 0.792. The second kappa shape index (κ2) is 9.11. The van der Waals surface area contributed by atoms with Crippen LogP contribution in [0.25, 0.3) is 16.9 Å². The molecule has 0 amide bonds. The maximum Gasteiger partial charge on any atom is 0.223 e. The van der Waals surface area contributed by atoms with E-state index in [0.29, 0.717) is 18.7 Å². The summed E-state index contributed by atoms with van der Waals surface area (Å²) in [4.78, 5) is 25.5. The quantitative estimate of drug-likeness (QED) is 0.543. The molecule has 3 aromatic rings. The maximum absolute atomic E-state index is 15.1. The molecule has 2 N–H and O–H groups in total. The molecule has 0 saturated carbocycles. The molecule has 33 heavy (non-hydrogen) atoms. The second-order valence-corrected chi connectivity index (χ2v) is 8.86. The number of Topliss-reactive ketones (excluding diaryl/α,β-unsaturated/α-hetero) is 1. The zero-order chi connectivity index (χ0) is 23.9. The van der Waals surface area contributed by atoms with E-state index in [2.05, 4.69) is 20.3 Å². The number of fused-ring (bicyclic) bond motifs is 1. The van der Waals surface area contributed by atoms with Crippen molar-refractivity contribution in [3.63, 3.8) is 0 Å². The smallest absolute Gasteiger partial charge is 0.223 e. The van der Waals surface area contributed by atoms with Crippen LogP contribution in [-0.2, 0) is 4.74 Å². The standard InChI is InChI=1S/C23H27F2N5O3/c1-11(2)18-20(21(32)12(3)4)30-9-13(7-14(24)22(30)28-18)19-15(25)8-26-23(29-19)27-16-5-6-33-10-17(16)31/h7-9,11-12,16-17,31H,5-6,10H2,1-4H3,(H,26,27,29)/t16-,17-/m1/s1. The summed E-state index contributed by atoms with van der Waals surface area (Å²) in [6.07, 6.45) is 2.25. The molecular weight excluding hydrogens is 432 g/mol. The van der Waals surface area contributed by atoms with Crippen molar-refractivity contribution in [1.82, 2.24) is 19.4 Å². The Morgan fingerprint density at radius 2 is 2.00 bits per heavy atom. The first kappa shape index (κ1) is 23.2. The third kappa shape index (κ3) is 4.45. The normalized spacial score (nSPS) is 18.9. The Hall–Kier alpha value is -2.98. The van der Waals surface area contributed by atoms with Gasteiger partial charge in [-0.25, -0.2) is 23.7 Å². The van der Waals surface area contributed by atoms with E-state index >= 15 is 4.39 Å². The van der Waals surface area contributed by atoms with Gasteiger partial charge in [0, 0.05) is 24.3 Å². The number of nitrogens with zero attached hydrogens (tertiary/aromatic N) is 4. The van der Waals surface area contributed by atoms with Gasteiger partial charge in [0.1, 0.15) is 11.4 Å². The summed E-state index contributed by atoms with van der Waals surface area (Å²) in [5, 5.41) is 13.1. The van der Waals surface area contributed by atoms with Crippen LogP contribution in [0, 0.1) is 17.6 Å². The highest BCUT2D eigenvalue weighted by molar-refractivity contribution is 5.98. The number of hydrogen-bond donors (Lipinski definition) is 2. The van der Waals surface area contributed by atoms with Crippen LogP contribution in [-0.4, -0.2) is 55.6 Å². The Morgan fingerprint density at radius 3 is 2.67 bits per heavy atom. The molecule has 3 aromatic heterocycles. The van der Waals surface area contributed by atoms with Crippen molar-refractivity contribution in [2.75, 3.05) is 18.5 Å². The fraction of sp³-hybridized carbons (Fsp3) is 0.478. The number of ether oxygens (including phenoxy) is 1. The van der Waals surface area contributed by atoms with E-state index in [9.17, 15) is 14.3 Å². The highest BCUT2D eigenvalue weighted by Gasteiger charge is 2.27. The number of halogens is 2. The van der Waals surface area contributed by atoms with E-state index in [0.717, 1.165) is 12.3 Å². The predicted molar refractivity (Wildman–Crippen MR) is 118 cm³/mol. The number of nitrogens with one attached hydrogen (secondary N) is 1. The number of imidazole rings is 1. The monoisotopic (exact) mass is 459 g/mol. The molecule has 0 radical (unpaired) electrons. The highest BCUT2D eigenvalue weighted by atomic mass is 19.1. The minimum Gasteiger partial charge on any atom is -0.389 e. The number of aliphatic hydroxyl groups is 1. The minimum absolute atomic E-state index is 0.00425. The van der Waals surface area contributed by atoms with E-state index in [4.69, 9.17) is 4.74 Å². The van der Waals surface area contributed by atoms with E-state index in [1.54, 1.807) is 13.8 Å². The van der Waals surface area contributed by atoms with Crippen LogP contribution in [0.15, 0.2) is 18.5 Å². The lowest BCUT2D eigenvalue weighted by molar-refractivity contribution is -0.0136. The molecule has 10 heteroatoms. The average Bonchev–Trinajstić information content (AvgIpc) is 3.16. The number of anilines is 1. The van der Waals surface area contributed by atoms with Crippen LogP contribution in [0.2, 0.25) is 0 Å². The number of aliphatic hydroxyl groups excluding tert-OH is 1. The molecule has 1 aliphatic rings. The van der Waals surface area contributed by atoms with Gasteiger partial charge >= 0.3 is 0 Å². The number of carbonyl (C=O) groups is 1. The topological polar surface area (TPSA) is 102 Å². The van der Waals surface area contributed by atoms with Crippen LogP contribution in [0.5, 0.6) is 0 Å². The van der Waals surface area contributed by atoms with Crippen LogP contribution < -0.4 is 5.32 Å². The van der Waals surface area contributed by atoms with Crippen molar-refractivity contribution in [3.05, 3.63) is 41.5 Å². The fourth-order valence-corrected chi connectivity index (χ4v) is 3.87. The van der Waals surface area contributed by atoms with Crippen LogP contribution in [0.3, 0.4) is 0 Å². The van der Waals surface area contributed by atoms with Gasteiger partial charge < -0.3 is 15.2 Å². The van der Waals surface area contributed by atoms with Gasteiger partial charge in [0.2, 0.25) is 5.95 Å². The predicted octanol–water partition coefficient (Wildman–Crippen LogP) is 3.59. The lowest BCUT2D eigenvalue weighted by Crippen LogP contribution is -2.42. The number of rotatable bonds is 6. The van der Waals surface area contributed by atoms with Gasteiger partial charge in [-0.2, -0.15) is 0 Å². The molecule has 4 heterocycles. The Labute approximate surface area is 190 Å². The zero-order valence-corrected chi connectivity index (χ0v) is 19.0. The Morgan fingerprint density at radius 1 is 1.24 bits per heavy atom. The summed E-state index contributed by atoms with van der Waals surface area (Å²) in [6.45, 7) is 7.93. The first-order valence-electron chi connectivity index (χ1n) is 11.0. The molecule has 0 spiro atoms. The lowest BCUT2D eigenvalue weighted by Gasteiger charge is -2.28. The Bertz CT molecular complexity index is 1190. The van der Waals surface area contributed by atoms with Gasteiger partial charge in [-0.15, -0.1) is 0 Å². The van der Waals surface area contributed by atoms with Gasteiger partial charge in [-0.1, -0.05) is 27.7 Å². The number of ketones is 1. The summed E-state index contributed by atoms with van der Waals surface area (Å²) in [5.74, 6) is -1.95. The third-order valence-electron chi connectivity index (χ3n) is 5.67. The van der Waals surface area contributed by atoms with Gasteiger partial charge in [-0.3, -0.25) is 9.20 Å². The van der Waals surface area contributed by atoms with Gasteiger partial charge in [0.15, 0.2) is 23.1 Å². The van der Waals surface area contributed by atoms with Crippen molar-refractivity contribution < 1.29 is 23.4 Å². The molecule has 2 atom stereocenters. The van der Waals surface area contributed by atoms with E-state index < -0.39 is 17.7 Å². The first-order chi connectivity index (χ1) is 15.7. The van der Waals surface area contributed by atoms with Gasteiger partial charge in [0.05, 0.1) is 30.6 Å². The number of carbonyl (C=O) groups excluding carboxylic acids is 1. The Balaban J connectivity index is 1.81. The van der Waals surface area contributed by atoms with Crippen molar-refractivity contribution in [1.29, 1.82) is 0 Å². The first-order valence-corrected chi connectivity index (χ1v) is 11.0. The molecule has 176 valence electrons. The van der Waals surface area contributed by atoms with Crippen molar-refractivity contribution in [3.8, 4) is 11.3 Å². The van der Waals surface area contributed by atoms with Gasteiger partial charge in [-0.05, 0) is 18.4 Å². The molecule has 0 aliphatic carbocycles. The third-order valence-corrected chi connectivity index (χ3v) is 5.67. The molecule has 1 aliphatic heterocycles. The molecule has 1 saturated heterocycles. The molecule has 0 aromatic carbocycles.